The molecule has 1 aromatic carbocycles. The Balaban J connectivity index is 1.87. The largest absolute Gasteiger partial charge is 0.497 e. The van der Waals surface area contributed by atoms with Gasteiger partial charge in [0.1, 0.15) is 11.6 Å². The molecule has 0 saturated carbocycles. The Morgan fingerprint density at radius 1 is 1.16 bits per heavy atom. The monoisotopic (exact) mass is 444 g/mol. The lowest BCUT2D eigenvalue weighted by Gasteiger charge is -2.32. The van der Waals surface area contributed by atoms with Crippen molar-refractivity contribution >= 4 is 35.5 Å². The minimum Gasteiger partial charge on any atom is -0.467 e. The third kappa shape index (κ3) is 4.94. The molecule has 0 bridgehead atoms. The molecular formula is C23H33BN2O6. The van der Waals surface area contributed by atoms with Crippen molar-refractivity contribution in [1.82, 2.24) is 10.3 Å². The summed E-state index contributed by atoms with van der Waals surface area (Å²) in [5.74, 6) is -0.549. The molecule has 1 fully saturated rings. The van der Waals surface area contributed by atoms with E-state index < -0.39 is 42.0 Å². The number of carbonyl (C=O) groups is 2. The highest BCUT2D eigenvalue weighted by Crippen LogP contribution is 2.37. The van der Waals surface area contributed by atoms with Crippen molar-refractivity contribution in [2.45, 2.75) is 77.7 Å². The van der Waals surface area contributed by atoms with Crippen molar-refractivity contribution < 1.29 is 28.4 Å². The maximum atomic E-state index is 12.4. The first-order chi connectivity index (χ1) is 14.7. The van der Waals surface area contributed by atoms with Crippen LogP contribution in [0.2, 0.25) is 0 Å². The maximum absolute atomic E-state index is 12.4. The van der Waals surface area contributed by atoms with Gasteiger partial charge in [-0.15, -0.1) is 0 Å². The summed E-state index contributed by atoms with van der Waals surface area (Å²) in [4.78, 5) is 27.9. The number of alkyl carbamates (subject to hydrolysis) is 1. The van der Waals surface area contributed by atoms with Crippen molar-refractivity contribution in [1.29, 1.82) is 0 Å². The minimum absolute atomic E-state index is 0.235. The van der Waals surface area contributed by atoms with Gasteiger partial charge < -0.3 is 29.1 Å². The van der Waals surface area contributed by atoms with E-state index in [1.807, 2.05) is 52.1 Å². The van der Waals surface area contributed by atoms with Crippen LogP contribution < -0.4 is 10.8 Å². The molecule has 0 unspecified atom stereocenters. The van der Waals surface area contributed by atoms with Gasteiger partial charge in [-0.1, -0.05) is 18.2 Å². The fraction of sp³-hybridized carbons (Fsp3) is 0.565. The SMILES string of the molecule is COC(=O)[C@H](Cc1c[nH]c2c(B3OC(C)(C)C(C)(C)O3)cccc12)NC(=O)OC(C)(C)C. The zero-order valence-corrected chi connectivity index (χ0v) is 20.1. The summed E-state index contributed by atoms with van der Waals surface area (Å²) in [6.45, 7) is 13.3. The second kappa shape index (κ2) is 8.44. The van der Waals surface area contributed by atoms with Crippen molar-refractivity contribution in [3.8, 4) is 0 Å². The lowest BCUT2D eigenvalue weighted by Crippen LogP contribution is -2.45. The zero-order chi connectivity index (χ0) is 23.9. The van der Waals surface area contributed by atoms with Crippen molar-refractivity contribution in [2.24, 2.45) is 0 Å². The number of H-pyrrole nitrogens is 1. The minimum atomic E-state index is -0.894. The van der Waals surface area contributed by atoms with Gasteiger partial charge in [-0.3, -0.25) is 0 Å². The van der Waals surface area contributed by atoms with E-state index in [0.717, 1.165) is 21.9 Å². The van der Waals surface area contributed by atoms with Gasteiger partial charge in [0.2, 0.25) is 0 Å². The van der Waals surface area contributed by atoms with Crippen LogP contribution in [0.4, 0.5) is 4.79 Å². The first-order valence-corrected chi connectivity index (χ1v) is 10.8. The Morgan fingerprint density at radius 2 is 1.78 bits per heavy atom. The van der Waals surface area contributed by atoms with E-state index in [1.54, 1.807) is 20.8 Å². The number of nitrogens with one attached hydrogen (secondary N) is 2. The normalized spacial score (nSPS) is 18.4. The zero-order valence-electron chi connectivity index (χ0n) is 20.1. The van der Waals surface area contributed by atoms with Gasteiger partial charge in [0, 0.05) is 29.0 Å². The molecule has 1 saturated heterocycles. The Labute approximate surface area is 189 Å². The molecule has 2 N–H and O–H groups in total. The number of amides is 1. The maximum Gasteiger partial charge on any atom is 0.497 e. The van der Waals surface area contributed by atoms with Crippen LogP contribution in [0.25, 0.3) is 10.9 Å². The van der Waals surface area contributed by atoms with Crippen LogP contribution in [0, 0.1) is 0 Å². The summed E-state index contributed by atoms with van der Waals surface area (Å²) < 4.78 is 22.6. The van der Waals surface area contributed by atoms with Gasteiger partial charge in [-0.25, -0.2) is 9.59 Å². The summed E-state index contributed by atoms with van der Waals surface area (Å²) in [5, 5.41) is 3.53. The van der Waals surface area contributed by atoms with Crippen LogP contribution in [-0.2, 0) is 30.0 Å². The average molecular weight is 444 g/mol. The summed E-state index contributed by atoms with van der Waals surface area (Å²) >= 11 is 0. The van der Waals surface area contributed by atoms with Crippen LogP contribution >= 0.6 is 0 Å². The molecule has 0 aliphatic carbocycles. The van der Waals surface area contributed by atoms with E-state index in [4.69, 9.17) is 18.8 Å². The number of rotatable bonds is 5. The Hall–Kier alpha value is -2.52. The van der Waals surface area contributed by atoms with Crippen LogP contribution in [0.1, 0.15) is 54.0 Å². The molecule has 1 aliphatic heterocycles. The number of para-hydroxylation sites is 1. The first-order valence-electron chi connectivity index (χ1n) is 10.8. The number of benzene rings is 1. The Kier molecular flexibility index (Phi) is 6.37. The Morgan fingerprint density at radius 3 is 2.34 bits per heavy atom. The average Bonchev–Trinajstić information content (AvgIpc) is 3.16. The van der Waals surface area contributed by atoms with E-state index in [0.29, 0.717) is 0 Å². The number of aromatic amines is 1. The molecule has 32 heavy (non-hydrogen) atoms. The number of ether oxygens (including phenoxy) is 2. The summed E-state index contributed by atoms with van der Waals surface area (Å²) in [7, 11) is 0.768. The van der Waals surface area contributed by atoms with Gasteiger partial charge in [0.25, 0.3) is 0 Å². The molecule has 0 spiro atoms. The number of methoxy groups -OCH3 is 1. The number of fused-ring (bicyclic) bond motifs is 1. The third-order valence-corrected chi connectivity index (χ3v) is 5.94. The predicted molar refractivity (Wildman–Crippen MR) is 123 cm³/mol. The van der Waals surface area contributed by atoms with Gasteiger partial charge in [-0.05, 0) is 54.0 Å². The topological polar surface area (TPSA) is 98.9 Å². The molecule has 8 nitrogen and oxygen atoms in total. The van der Waals surface area contributed by atoms with Gasteiger partial charge in [-0.2, -0.15) is 0 Å². The number of hydrogen-bond acceptors (Lipinski definition) is 6. The summed E-state index contributed by atoms with van der Waals surface area (Å²) in [6.07, 6.45) is 1.39. The highest BCUT2D eigenvalue weighted by molar-refractivity contribution is 6.65. The smallest absolute Gasteiger partial charge is 0.467 e. The molecule has 1 amide bonds. The van der Waals surface area contributed by atoms with Crippen molar-refractivity contribution in [3.05, 3.63) is 30.0 Å². The third-order valence-electron chi connectivity index (χ3n) is 5.94. The van der Waals surface area contributed by atoms with Crippen LogP contribution in [-0.4, -0.2) is 54.1 Å². The first kappa shape index (κ1) is 24.1. The molecule has 1 atom stereocenters. The number of hydrogen-bond donors (Lipinski definition) is 2. The molecule has 1 aliphatic rings. The lowest BCUT2D eigenvalue weighted by atomic mass is 9.77. The van der Waals surface area contributed by atoms with Gasteiger partial charge in [0.05, 0.1) is 18.3 Å². The van der Waals surface area contributed by atoms with Crippen molar-refractivity contribution in [2.75, 3.05) is 7.11 Å². The summed E-state index contributed by atoms with van der Waals surface area (Å²) in [6, 6.07) is 4.95. The lowest BCUT2D eigenvalue weighted by molar-refractivity contribution is -0.143. The molecule has 3 rings (SSSR count). The van der Waals surface area contributed by atoms with Crippen LogP contribution in [0.5, 0.6) is 0 Å². The van der Waals surface area contributed by atoms with E-state index in [2.05, 4.69) is 10.3 Å². The quantitative estimate of drug-likeness (QED) is 0.543. The predicted octanol–water partition coefficient (Wildman–Crippen LogP) is 3.08. The second-order valence-corrected chi connectivity index (χ2v) is 10.1. The molecule has 2 heterocycles. The molecule has 1 aromatic heterocycles. The van der Waals surface area contributed by atoms with Crippen LogP contribution in [0.3, 0.4) is 0 Å². The van der Waals surface area contributed by atoms with E-state index in [9.17, 15) is 9.59 Å². The number of aromatic nitrogens is 1. The van der Waals surface area contributed by atoms with Crippen LogP contribution in [0.15, 0.2) is 24.4 Å². The van der Waals surface area contributed by atoms with E-state index in [1.165, 1.54) is 7.11 Å². The number of carbonyl (C=O) groups excluding carboxylic acids is 2. The molecular weight excluding hydrogens is 411 g/mol. The van der Waals surface area contributed by atoms with Gasteiger partial charge in [0.15, 0.2) is 0 Å². The van der Waals surface area contributed by atoms with E-state index >= 15 is 0 Å². The second-order valence-electron chi connectivity index (χ2n) is 10.1. The van der Waals surface area contributed by atoms with E-state index in [-0.39, 0.29) is 6.42 Å². The molecule has 2 aromatic rings. The fourth-order valence-corrected chi connectivity index (χ4v) is 3.58. The molecule has 9 heteroatoms. The molecule has 0 radical (unpaired) electrons. The highest BCUT2D eigenvalue weighted by atomic mass is 16.7. The molecule has 174 valence electrons. The highest BCUT2D eigenvalue weighted by Gasteiger charge is 2.52. The summed E-state index contributed by atoms with van der Waals surface area (Å²) in [5.41, 5.74) is 1.00. The van der Waals surface area contributed by atoms with Crippen molar-refractivity contribution in [3.63, 3.8) is 0 Å². The number of esters is 1. The fourth-order valence-electron chi connectivity index (χ4n) is 3.58. The Bertz CT molecular complexity index is 992. The van der Waals surface area contributed by atoms with Gasteiger partial charge >= 0.3 is 19.2 Å². The standard InChI is InChI=1S/C23H33BN2O6/c1-21(2,3)30-20(28)26-17(19(27)29-8)12-14-13-25-18-15(14)10-9-11-16(18)24-31-22(4,5)23(6,7)32-24/h9-11,13,17,25H,12H2,1-8H3,(H,26,28)/t17-/m0/s1.